The van der Waals surface area contributed by atoms with Crippen LogP contribution in [0, 0.1) is 0 Å². The highest BCUT2D eigenvalue weighted by Gasteiger charge is 2.19. The Morgan fingerprint density at radius 2 is 1.59 bits per heavy atom. The predicted molar refractivity (Wildman–Crippen MR) is 79.8 cm³/mol. The first-order valence-corrected chi connectivity index (χ1v) is 7.87. The van der Waals surface area contributed by atoms with Crippen molar-refractivity contribution < 1.29 is 0 Å². The maximum absolute atomic E-state index is 3.84. The third-order valence-electron chi connectivity index (χ3n) is 2.65. The average molecular weight is 241 g/mol. The van der Waals surface area contributed by atoms with E-state index >= 15 is 0 Å². The van der Waals surface area contributed by atoms with Gasteiger partial charge in [0.1, 0.15) is 0 Å². The van der Waals surface area contributed by atoms with E-state index in [9.17, 15) is 0 Å². The van der Waals surface area contributed by atoms with E-state index in [-0.39, 0.29) is 0 Å². The van der Waals surface area contributed by atoms with Crippen LogP contribution < -0.4 is 4.98 Å². The Morgan fingerprint density at radius 1 is 1.00 bits per heavy atom. The molecule has 0 atom stereocenters. The minimum atomic E-state index is -1.87. The van der Waals surface area contributed by atoms with Gasteiger partial charge < -0.3 is 4.98 Å². The predicted octanol–water partition coefficient (Wildman–Crippen LogP) is 3.41. The highest BCUT2D eigenvalue weighted by atomic mass is 28.3. The Morgan fingerprint density at radius 3 is 2.12 bits per heavy atom. The van der Waals surface area contributed by atoms with Crippen molar-refractivity contribution in [3.05, 3.63) is 78.8 Å². The van der Waals surface area contributed by atoms with Crippen LogP contribution in [0.4, 0.5) is 0 Å². The standard InChI is InChI=1S/C15H19NSi/c1-4-17(5-2,6-3)16-14-10-13-15-11-8-7-9-12-15/h4-13,16H,1-3,14H2. The number of hydrogen-bond acceptors (Lipinski definition) is 1. The summed E-state index contributed by atoms with van der Waals surface area (Å²) in [5, 5.41) is 0. The molecule has 0 bridgehead atoms. The van der Waals surface area contributed by atoms with Crippen molar-refractivity contribution in [2.24, 2.45) is 0 Å². The Bertz CT molecular complexity index is 384. The van der Waals surface area contributed by atoms with Gasteiger partial charge in [-0.2, -0.15) is 0 Å². The zero-order valence-electron chi connectivity index (χ0n) is 10.1. The lowest BCUT2D eigenvalue weighted by Gasteiger charge is -2.19. The monoisotopic (exact) mass is 241 g/mol. The number of benzene rings is 1. The summed E-state index contributed by atoms with van der Waals surface area (Å²) in [6, 6.07) is 10.2. The summed E-state index contributed by atoms with van der Waals surface area (Å²) in [5.74, 6) is 0. The summed E-state index contributed by atoms with van der Waals surface area (Å²) >= 11 is 0. The highest BCUT2D eigenvalue weighted by molar-refractivity contribution is 6.90. The van der Waals surface area contributed by atoms with E-state index in [0.717, 1.165) is 6.54 Å². The Balaban J connectivity index is 2.52. The van der Waals surface area contributed by atoms with Crippen LogP contribution in [0.15, 0.2) is 73.2 Å². The van der Waals surface area contributed by atoms with Crippen LogP contribution in [0.3, 0.4) is 0 Å². The average Bonchev–Trinajstić information content (AvgIpc) is 2.41. The quantitative estimate of drug-likeness (QED) is 0.721. The van der Waals surface area contributed by atoms with Crippen molar-refractivity contribution >= 4 is 14.3 Å². The molecule has 0 aliphatic carbocycles. The fraction of sp³-hybridized carbons (Fsp3) is 0.0667. The number of hydrogen-bond donors (Lipinski definition) is 1. The van der Waals surface area contributed by atoms with Gasteiger partial charge >= 0.3 is 0 Å². The Hall–Kier alpha value is -1.64. The zero-order valence-corrected chi connectivity index (χ0v) is 11.1. The molecule has 0 aromatic heterocycles. The Labute approximate surface area is 105 Å². The molecule has 17 heavy (non-hydrogen) atoms. The van der Waals surface area contributed by atoms with Gasteiger partial charge in [-0.05, 0) is 5.56 Å². The molecular weight excluding hydrogens is 222 g/mol. The van der Waals surface area contributed by atoms with Crippen molar-refractivity contribution in [2.75, 3.05) is 6.54 Å². The first-order valence-electron chi connectivity index (χ1n) is 5.64. The molecule has 0 aliphatic heterocycles. The molecule has 0 saturated carbocycles. The van der Waals surface area contributed by atoms with Gasteiger partial charge in [0.2, 0.25) is 0 Å². The molecule has 1 nitrogen and oxygen atoms in total. The maximum Gasteiger partial charge on any atom is 0.198 e. The summed E-state index contributed by atoms with van der Waals surface area (Å²) in [6.45, 7) is 12.3. The second-order valence-electron chi connectivity index (χ2n) is 3.74. The van der Waals surface area contributed by atoms with Crippen LogP contribution in [0.5, 0.6) is 0 Å². The topological polar surface area (TPSA) is 12.0 Å². The fourth-order valence-corrected chi connectivity index (χ4v) is 2.87. The number of nitrogens with one attached hydrogen (secondary N) is 1. The van der Waals surface area contributed by atoms with Crippen LogP contribution in [0.1, 0.15) is 5.56 Å². The summed E-state index contributed by atoms with van der Waals surface area (Å²) in [4.78, 5) is 3.45. The zero-order chi connectivity index (χ0) is 12.6. The van der Waals surface area contributed by atoms with Crippen LogP contribution in [-0.4, -0.2) is 14.8 Å². The lowest BCUT2D eigenvalue weighted by molar-refractivity contribution is 1.07. The maximum atomic E-state index is 3.84. The molecule has 1 aromatic rings. The molecule has 1 aromatic carbocycles. The van der Waals surface area contributed by atoms with Crippen LogP contribution >= 0.6 is 0 Å². The van der Waals surface area contributed by atoms with E-state index in [1.54, 1.807) is 0 Å². The van der Waals surface area contributed by atoms with Gasteiger partial charge in [0, 0.05) is 6.54 Å². The molecule has 0 heterocycles. The van der Waals surface area contributed by atoms with E-state index in [1.807, 2.05) is 35.3 Å². The third-order valence-corrected chi connectivity index (χ3v) is 5.49. The molecule has 0 unspecified atom stereocenters. The summed E-state index contributed by atoms with van der Waals surface area (Å²) in [5.41, 5.74) is 7.01. The first kappa shape index (κ1) is 13.4. The second-order valence-corrected chi connectivity index (χ2v) is 7.18. The molecule has 0 fully saturated rings. The van der Waals surface area contributed by atoms with Crippen molar-refractivity contribution in [3.8, 4) is 0 Å². The van der Waals surface area contributed by atoms with Crippen molar-refractivity contribution in [2.45, 2.75) is 0 Å². The van der Waals surface area contributed by atoms with E-state index in [2.05, 4.69) is 49.0 Å². The van der Waals surface area contributed by atoms with Crippen molar-refractivity contribution in [1.29, 1.82) is 0 Å². The summed E-state index contributed by atoms with van der Waals surface area (Å²) in [6.07, 6.45) is 4.20. The van der Waals surface area contributed by atoms with Crippen molar-refractivity contribution in [3.63, 3.8) is 0 Å². The Kier molecular flexibility index (Phi) is 5.40. The molecule has 2 heteroatoms. The van der Waals surface area contributed by atoms with E-state index in [1.165, 1.54) is 5.56 Å². The van der Waals surface area contributed by atoms with Gasteiger partial charge in [-0.25, -0.2) is 0 Å². The summed E-state index contributed by atoms with van der Waals surface area (Å²) < 4.78 is 0. The van der Waals surface area contributed by atoms with Gasteiger partial charge in [-0.3, -0.25) is 0 Å². The first-order chi connectivity index (χ1) is 8.26. The molecule has 0 aliphatic rings. The molecule has 1 rings (SSSR count). The molecule has 0 amide bonds. The fourth-order valence-electron chi connectivity index (χ4n) is 1.46. The van der Waals surface area contributed by atoms with Gasteiger partial charge in [0.15, 0.2) is 8.24 Å². The minimum absolute atomic E-state index is 0.797. The lowest BCUT2D eigenvalue weighted by atomic mass is 10.2. The largest absolute Gasteiger partial charge is 0.324 e. The van der Waals surface area contributed by atoms with Crippen molar-refractivity contribution in [1.82, 2.24) is 4.98 Å². The molecule has 88 valence electrons. The van der Waals surface area contributed by atoms with E-state index in [0.29, 0.717) is 0 Å². The molecule has 0 spiro atoms. The lowest BCUT2D eigenvalue weighted by Crippen LogP contribution is -2.45. The summed E-state index contributed by atoms with van der Waals surface area (Å²) in [7, 11) is -1.87. The minimum Gasteiger partial charge on any atom is -0.324 e. The van der Waals surface area contributed by atoms with E-state index in [4.69, 9.17) is 0 Å². The second kappa shape index (κ2) is 6.84. The van der Waals surface area contributed by atoms with Crippen LogP contribution in [0.25, 0.3) is 6.08 Å². The van der Waals surface area contributed by atoms with Crippen LogP contribution in [0.2, 0.25) is 0 Å². The van der Waals surface area contributed by atoms with Crippen LogP contribution in [-0.2, 0) is 0 Å². The third kappa shape index (κ3) is 4.02. The molecule has 0 radical (unpaired) electrons. The normalized spacial score (nSPS) is 11.3. The SMILES string of the molecule is C=C[Si](C=C)(C=C)NCC=Cc1ccccc1. The molecule has 0 saturated heterocycles. The van der Waals surface area contributed by atoms with Gasteiger partial charge in [-0.15, -0.1) is 19.7 Å². The molecular formula is C15H19NSi. The number of rotatable bonds is 7. The smallest absolute Gasteiger partial charge is 0.198 e. The van der Waals surface area contributed by atoms with Gasteiger partial charge in [0.05, 0.1) is 0 Å². The van der Waals surface area contributed by atoms with Gasteiger partial charge in [0.25, 0.3) is 0 Å². The highest BCUT2D eigenvalue weighted by Crippen LogP contribution is 2.03. The van der Waals surface area contributed by atoms with Gasteiger partial charge in [-0.1, -0.05) is 59.6 Å². The van der Waals surface area contributed by atoms with E-state index < -0.39 is 8.24 Å². The molecule has 1 N–H and O–H groups in total.